The van der Waals surface area contributed by atoms with Crippen molar-refractivity contribution < 1.29 is 13.9 Å². The van der Waals surface area contributed by atoms with E-state index < -0.39 is 0 Å². The van der Waals surface area contributed by atoms with Gasteiger partial charge in [-0.1, -0.05) is 12.1 Å². The molecular weight excluding hydrogens is 422 g/mol. The van der Waals surface area contributed by atoms with Crippen LogP contribution in [-0.2, 0) is 11.3 Å². The Balaban J connectivity index is 1.44. The van der Waals surface area contributed by atoms with Gasteiger partial charge in [0.15, 0.2) is 11.6 Å². The normalized spacial score (nSPS) is 15.7. The molecule has 0 spiro atoms. The minimum atomic E-state index is -0.165. The van der Waals surface area contributed by atoms with Gasteiger partial charge >= 0.3 is 0 Å². The Morgan fingerprint density at radius 1 is 1.15 bits per heavy atom. The lowest BCUT2D eigenvalue weighted by molar-refractivity contribution is 0.0558. The molecule has 0 radical (unpaired) electrons. The molecule has 4 aromatic rings. The van der Waals surface area contributed by atoms with Gasteiger partial charge < -0.3 is 14.1 Å². The third kappa shape index (κ3) is 4.35. The van der Waals surface area contributed by atoms with Gasteiger partial charge in [0.05, 0.1) is 31.0 Å². The quantitative estimate of drug-likeness (QED) is 0.424. The molecule has 0 N–H and O–H groups in total. The van der Waals surface area contributed by atoms with Gasteiger partial charge in [0.1, 0.15) is 0 Å². The Hall–Kier alpha value is -3.63. The summed E-state index contributed by atoms with van der Waals surface area (Å²) in [4.78, 5) is 21.3. The number of methoxy groups -OCH3 is 1. The molecule has 0 bridgehead atoms. The molecule has 1 fully saturated rings. The van der Waals surface area contributed by atoms with Crippen LogP contribution in [0.5, 0.6) is 0 Å². The lowest BCUT2D eigenvalue weighted by Gasteiger charge is -2.38. The summed E-state index contributed by atoms with van der Waals surface area (Å²) in [5.41, 5.74) is 2.02. The lowest BCUT2D eigenvalue weighted by atomic mass is 10.0. The molecular formula is C23H25N7O3. The standard InChI is InChI=1S/C23H25N7O3/c1-32-15-13-30-22(25-26-27-30)21(18-6-7-19-17(16-18)4-2-8-24-19)28-9-11-29(12-10-28)23(31)20-5-3-14-33-20/h2-8,14,16,21H,9-13,15H2,1H3/t21-/m1/s1. The van der Waals surface area contributed by atoms with Crippen LogP contribution in [0, 0.1) is 0 Å². The number of hydrogen-bond donors (Lipinski definition) is 0. The first-order valence-corrected chi connectivity index (χ1v) is 10.9. The van der Waals surface area contributed by atoms with Crippen LogP contribution in [0.2, 0.25) is 0 Å². The van der Waals surface area contributed by atoms with E-state index in [1.807, 2.05) is 17.0 Å². The van der Waals surface area contributed by atoms with Crippen LogP contribution < -0.4 is 0 Å². The molecule has 10 heteroatoms. The second-order valence-electron chi connectivity index (χ2n) is 7.92. The van der Waals surface area contributed by atoms with Crippen LogP contribution in [0.4, 0.5) is 0 Å². The van der Waals surface area contributed by atoms with Crippen LogP contribution in [0.15, 0.2) is 59.3 Å². The number of fused-ring (bicyclic) bond motifs is 1. The first-order valence-electron chi connectivity index (χ1n) is 10.9. The number of aromatic nitrogens is 5. The summed E-state index contributed by atoms with van der Waals surface area (Å²) in [5, 5.41) is 13.6. The first-order chi connectivity index (χ1) is 16.2. The van der Waals surface area contributed by atoms with Crippen LogP contribution in [-0.4, -0.2) is 80.8 Å². The molecule has 170 valence electrons. The second-order valence-corrected chi connectivity index (χ2v) is 7.92. The highest BCUT2D eigenvalue weighted by atomic mass is 16.5. The number of rotatable bonds is 7. The number of furan rings is 1. The van der Waals surface area contributed by atoms with Gasteiger partial charge in [-0.15, -0.1) is 5.10 Å². The summed E-state index contributed by atoms with van der Waals surface area (Å²) in [6.45, 7) is 3.60. The minimum Gasteiger partial charge on any atom is -0.459 e. The fourth-order valence-electron chi connectivity index (χ4n) is 4.27. The zero-order chi connectivity index (χ0) is 22.6. The van der Waals surface area contributed by atoms with Crippen LogP contribution in [0.1, 0.15) is 28.0 Å². The third-order valence-corrected chi connectivity index (χ3v) is 5.95. The van der Waals surface area contributed by atoms with Crippen molar-refractivity contribution in [3.05, 3.63) is 72.1 Å². The van der Waals surface area contributed by atoms with E-state index in [1.54, 1.807) is 30.1 Å². The molecule has 1 aliphatic heterocycles. The predicted octanol–water partition coefficient (Wildman–Crippen LogP) is 2.01. The monoisotopic (exact) mass is 447 g/mol. The van der Waals surface area contributed by atoms with E-state index >= 15 is 0 Å². The van der Waals surface area contributed by atoms with Crippen LogP contribution in [0.3, 0.4) is 0 Å². The number of carbonyl (C=O) groups is 1. The number of carbonyl (C=O) groups excluding carboxylic acids is 1. The number of nitrogens with zero attached hydrogens (tertiary/aromatic N) is 7. The number of benzene rings is 1. The Morgan fingerprint density at radius 3 is 2.82 bits per heavy atom. The Kier molecular flexibility index (Phi) is 6.09. The molecule has 3 aromatic heterocycles. The van der Waals surface area contributed by atoms with E-state index in [1.165, 1.54) is 6.26 Å². The van der Waals surface area contributed by atoms with E-state index in [4.69, 9.17) is 9.15 Å². The highest BCUT2D eigenvalue weighted by molar-refractivity contribution is 5.91. The number of tetrazole rings is 1. The number of pyridine rings is 1. The maximum absolute atomic E-state index is 12.7. The van der Waals surface area contributed by atoms with Crippen molar-refractivity contribution in [3.8, 4) is 0 Å². The molecule has 0 saturated carbocycles. The van der Waals surface area contributed by atoms with Crippen molar-refractivity contribution in [2.24, 2.45) is 0 Å². The van der Waals surface area contributed by atoms with E-state index in [0.717, 1.165) is 22.3 Å². The molecule has 0 unspecified atom stereocenters. The fourth-order valence-corrected chi connectivity index (χ4v) is 4.27. The van der Waals surface area contributed by atoms with Gasteiger partial charge in [0, 0.05) is 44.9 Å². The first kappa shape index (κ1) is 21.2. The Bertz CT molecular complexity index is 1220. The molecule has 1 atom stereocenters. The fraction of sp³-hybridized carbons (Fsp3) is 0.348. The maximum atomic E-state index is 12.7. The summed E-state index contributed by atoms with van der Waals surface area (Å²) in [5.74, 6) is 1.03. The summed E-state index contributed by atoms with van der Waals surface area (Å²) < 4.78 is 12.3. The van der Waals surface area contributed by atoms with Crippen molar-refractivity contribution in [1.29, 1.82) is 0 Å². The predicted molar refractivity (Wildman–Crippen MR) is 119 cm³/mol. The second kappa shape index (κ2) is 9.47. The number of hydrogen-bond acceptors (Lipinski definition) is 8. The average Bonchev–Trinajstić information content (AvgIpc) is 3.56. The summed E-state index contributed by atoms with van der Waals surface area (Å²) in [6.07, 6.45) is 3.31. The molecule has 1 amide bonds. The molecule has 1 saturated heterocycles. The van der Waals surface area contributed by atoms with Gasteiger partial charge in [-0.25, -0.2) is 4.68 Å². The minimum absolute atomic E-state index is 0.0853. The summed E-state index contributed by atoms with van der Waals surface area (Å²) in [7, 11) is 1.66. The van der Waals surface area contributed by atoms with Crippen molar-refractivity contribution in [2.45, 2.75) is 12.6 Å². The van der Waals surface area contributed by atoms with Crippen LogP contribution in [0.25, 0.3) is 10.9 Å². The molecule has 4 heterocycles. The molecule has 33 heavy (non-hydrogen) atoms. The third-order valence-electron chi connectivity index (χ3n) is 5.95. The van der Waals surface area contributed by atoms with E-state index in [2.05, 4.69) is 43.6 Å². The van der Waals surface area contributed by atoms with Crippen molar-refractivity contribution in [2.75, 3.05) is 39.9 Å². The molecule has 1 aromatic carbocycles. The van der Waals surface area contributed by atoms with Gasteiger partial charge in [-0.2, -0.15) is 0 Å². The highest BCUT2D eigenvalue weighted by Gasteiger charge is 2.32. The largest absolute Gasteiger partial charge is 0.459 e. The SMILES string of the molecule is COCCn1nnnc1[C@@H](c1ccc2ncccc2c1)N1CCN(C(=O)c2ccco2)CC1. The molecule has 5 rings (SSSR count). The van der Waals surface area contributed by atoms with Gasteiger partial charge in [0.2, 0.25) is 0 Å². The Labute approximate surface area is 190 Å². The Morgan fingerprint density at radius 2 is 2.03 bits per heavy atom. The van der Waals surface area contributed by atoms with Crippen molar-refractivity contribution in [3.63, 3.8) is 0 Å². The number of ether oxygens (including phenoxy) is 1. The van der Waals surface area contributed by atoms with Crippen LogP contribution >= 0.6 is 0 Å². The highest BCUT2D eigenvalue weighted by Crippen LogP contribution is 2.30. The van der Waals surface area contributed by atoms with E-state index in [-0.39, 0.29) is 11.9 Å². The topological polar surface area (TPSA) is 102 Å². The van der Waals surface area contributed by atoms with Crippen molar-refractivity contribution in [1.82, 2.24) is 35.0 Å². The summed E-state index contributed by atoms with van der Waals surface area (Å²) >= 11 is 0. The zero-order valence-electron chi connectivity index (χ0n) is 18.4. The molecule has 10 nitrogen and oxygen atoms in total. The number of amides is 1. The smallest absolute Gasteiger partial charge is 0.289 e. The molecule has 1 aliphatic rings. The average molecular weight is 447 g/mol. The summed E-state index contributed by atoms with van der Waals surface area (Å²) in [6, 6.07) is 13.5. The van der Waals surface area contributed by atoms with E-state index in [9.17, 15) is 4.79 Å². The number of piperazine rings is 1. The lowest BCUT2D eigenvalue weighted by Crippen LogP contribution is -2.50. The maximum Gasteiger partial charge on any atom is 0.289 e. The molecule has 0 aliphatic carbocycles. The van der Waals surface area contributed by atoms with Gasteiger partial charge in [0.25, 0.3) is 5.91 Å². The van der Waals surface area contributed by atoms with Gasteiger partial charge in [-0.05, 0) is 46.3 Å². The zero-order valence-corrected chi connectivity index (χ0v) is 18.4. The van der Waals surface area contributed by atoms with Gasteiger partial charge in [-0.3, -0.25) is 14.7 Å². The van der Waals surface area contributed by atoms with E-state index in [0.29, 0.717) is 45.1 Å². The van der Waals surface area contributed by atoms with Crippen molar-refractivity contribution >= 4 is 16.8 Å².